The molecule has 19 heavy (non-hydrogen) atoms. The van der Waals surface area contributed by atoms with Crippen molar-refractivity contribution < 1.29 is 9.50 Å². The fourth-order valence-electron chi connectivity index (χ4n) is 1.67. The third-order valence-electron chi connectivity index (χ3n) is 2.65. The Morgan fingerprint density at radius 2 is 1.95 bits per heavy atom. The van der Waals surface area contributed by atoms with Gasteiger partial charge in [-0.1, -0.05) is 28.1 Å². The maximum atomic E-state index is 13.1. The van der Waals surface area contributed by atoms with Crippen molar-refractivity contribution in [3.05, 3.63) is 62.8 Å². The van der Waals surface area contributed by atoms with E-state index >= 15 is 0 Å². The summed E-state index contributed by atoms with van der Waals surface area (Å²) in [6.45, 7) is 0.304. The van der Waals surface area contributed by atoms with Gasteiger partial charge in [0.2, 0.25) is 0 Å². The highest BCUT2D eigenvalue weighted by Crippen LogP contribution is 2.27. The van der Waals surface area contributed by atoms with Crippen molar-refractivity contribution >= 4 is 37.5 Å². The zero-order valence-corrected chi connectivity index (χ0v) is 13.1. The third-order valence-corrected chi connectivity index (χ3v) is 3.83. The van der Waals surface area contributed by atoms with Crippen LogP contribution in [0.1, 0.15) is 11.7 Å². The average Bonchev–Trinajstić information content (AvgIpc) is 2.39. The Kier molecular flexibility index (Phi) is 4.96. The van der Waals surface area contributed by atoms with Gasteiger partial charge in [0.15, 0.2) is 0 Å². The first-order valence-corrected chi connectivity index (χ1v) is 7.27. The predicted molar refractivity (Wildman–Crippen MR) is 81.7 cm³/mol. The number of benzene rings is 2. The van der Waals surface area contributed by atoms with Gasteiger partial charge in [-0.3, -0.25) is 0 Å². The summed E-state index contributed by atoms with van der Waals surface area (Å²) in [6, 6.07) is 11.7. The first kappa shape index (κ1) is 14.5. The average molecular weight is 389 g/mol. The van der Waals surface area contributed by atoms with Crippen molar-refractivity contribution in [3.63, 3.8) is 0 Å². The van der Waals surface area contributed by atoms with Gasteiger partial charge >= 0.3 is 0 Å². The highest BCUT2D eigenvalue weighted by molar-refractivity contribution is 9.11. The highest BCUT2D eigenvalue weighted by Gasteiger charge is 2.09. The van der Waals surface area contributed by atoms with Gasteiger partial charge in [-0.2, -0.15) is 0 Å². The fourth-order valence-corrected chi connectivity index (χ4v) is 2.42. The lowest BCUT2D eigenvalue weighted by Crippen LogP contribution is -2.12. The molecule has 0 fully saturated rings. The maximum Gasteiger partial charge on any atom is 0.123 e. The summed E-state index contributed by atoms with van der Waals surface area (Å²) < 4.78 is 14.9. The largest absolute Gasteiger partial charge is 0.387 e. The van der Waals surface area contributed by atoms with E-state index in [1.54, 1.807) is 12.1 Å². The van der Waals surface area contributed by atoms with E-state index < -0.39 is 6.10 Å². The molecule has 1 unspecified atom stereocenters. The second kappa shape index (κ2) is 6.50. The lowest BCUT2D eigenvalue weighted by atomic mass is 10.1. The standard InChI is InChI=1S/C14H12Br2FNO/c15-10-4-5-12(16)13(7-10)18-8-14(19)9-2-1-3-11(17)6-9/h1-7,14,18-19H,8H2. The van der Waals surface area contributed by atoms with Crippen molar-refractivity contribution in [2.75, 3.05) is 11.9 Å². The molecule has 0 aromatic heterocycles. The smallest absolute Gasteiger partial charge is 0.123 e. The normalized spacial score (nSPS) is 12.2. The summed E-state index contributed by atoms with van der Waals surface area (Å²) in [6.07, 6.45) is -0.762. The Labute approximate surface area is 127 Å². The molecule has 1 atom stereocenters. The van der Waals surface area contributed by atoms with Gasteiger partial charge in [0.05, 0.1) is 6.10 Å². The minimum absolute atomic E-state index is 0.304. The van der Waals surface area contributed by atoms with Gasteiger partial charge in [-0.25, -0.2) is 4.39 Å². The van der Waals surface area contributed by atoms with Crippen LogP contribution < -0.4 is 5.32 Å². The minimum atomic E-state index is -0.762. The summed E-state index contributed by atoms with van der Waals surface area (Å²) >= 11 is 6.81. The number of rotatable bonds is 4. The minimum Gasteiger partial charge on any atom is -0.387 e. The molecule has 0 amide bonds. The first-order valence-electron chi connectivity index (χ1n) is 5.69. The summed E-state index contributed by atoms with van der Waals surface area (Å²) in [5, 5.41) is 13.1. The summed E-state index contributed by atoms with van der Waals surface area (Å²) in [7, 11) is 0. The molecule has 2 rings (SSSR count). The van der Waals surface area contributed by atoms with Crippen LogP contribution in [-0.2, 0) is 0 Å². The summed E-state index contributed by atoms with van der Waals surface area (Å²) in [4.78, 5) is 0. The number of anilines is 1. The number of hydrogen-bond acceptors (Lipinski definition) is 2. The summed E-state index contributed by atoms with van der Waals surface area (Å²) in [5.74, 6) is -0.347. The number of hydrogen-bond donors (Lipinski definition) is 2. The molecular formula is C14H12Br2FNO. The molecule has 0 radical (unpaired) electrons. The Morgan fingerprint density at radius 3 is 2.68 bits per heavy atom. The van der Waals surface area contributed by atoms with E-state index in [0.717, 1.165) is 14.6 Å². The maximum absolute atomic E-state index is 13.1. The first-order chi connectivity index (χ1) is 9.06. The van der Waals surface area contributed by atoms with Crippen LogP contribution in [0.5, 0.6) is 0 Å². The predicted octanol–water partition coefficient (Wildman–Crippen LogP) is 4.50. The number of aliphatic hydroxyl groups is 1. The molecule has 0 heterocycles. The Balaban J connectivity index is 2.04. The fraction of sp³-hybridized carbons (Fsp3) is 0.143. The lowest BCUT2D eigenvalue weighted by molar-refractivity contribution is 0.191. The zero-order valence-electron chi connectivity index (χ0n) is 9.91. The van der Waals surface area contributed by atoms with Crippen LogP contribution in [0.2, 0.25) is 0 Å². The lowest BCUT2D eigenvalue weighted by Gasteiger charge is -2.14. The van der Waals surface area contributed by atoms with Crippen LogP contribution in [-0.4, -0.2) is 11.7 Å². The molecule has 5 heteroatoms. The van der Waals surface area contributed by atoms with Crippen molar-refractivity contribution in [1.82, 2.24) is 0 Å². The van der Waals surface area contributed by atoms with E-state index in [2.05, 4.69) is 37.2 Å². The number of nitrogens with one attached hydrogen (secondary N) is 1. The highest BCUT2D eigenvalue weighted by atomic mass is 79.9. The monoisotopic (exact) mass is 387 g/mol. The van der Waals surface area contributed by atoms with E-state index in [1.807, 2.05) is 18.2 Å². The van der Waals surface area contributed by atoms with Gasteiger partial charge in [-0.15, -0.1) is 0 Å². The molecule has 100 valence electrons. The van der Waals surface area contributed by atoms with Gasteiger partial charge in [0.1, 0.15) is 5.82 Å². The van der Waals surface area contributed by atoms with Crippen molar-refractivity contribution in [3.8, 4) is 0 Å². The van der Waals surface area contributed by atoms with Crippen molar-refractivity contribution in [2.24, 2.45) is 0 Å². The van der Waals surface area contributed by atoms with E-state index in [9.17, 15) is 9.50 Å². The second-order valence-electron chi connectivity index (χ2n) is 4.08. The quantitative estimate of drug-likeness (QED) is 0.808. The SMILES string of the molecule is OC(CNc1cc(Br)ccc1Br)c1cccc(F)c1. The van der Waals surface area contributed by atoms with E-state index in [0.29, 0.717) is 12.1 Å². The van der Waals surface area contributed by atoms with Crippen LogP contribution in [0.15, 0.2) is 51.4 Å². The number of halogens is 3. The van der Waals surface area contributed by atoms with Gasteiger partial charge in [0, 0.05) is 21.2 Å². The van der Waals surface area contributed by atoms with Crippen molar-refractivity contribution in [2.45, 2.75) is 6.10 Å². The molecule has 2 nitrogen and oxygen atoms in total. The topological polar surface area (TPSA) is 32.3 Å². The zero-order chi connectivity index (χ0) is 13.8. The molecule has 0 saturated carbocycles. The van der Waals surface area contributed by atoms with Crippen LogP contribution in [0.4, 0.5) is 10.1 Å². The van der Waals surface area contributed by atoms with Gasteiger partial charge in [-0.05, 0) is 51.8 Å². The Bertz CT molecular complexity index is 577. The molecular weight excluding hydrogens is 377 g/mol. The van der Waals surface area contributed by atoms with Crippen LogP contribution >= 0.6 is 31.9 Å². The molecule has 0 aliphatic heterocycles. The van der Waals surface area contributed by atoms with Gasteiger partial charge < -0.3 is 10.4 Å². The van der Waals surface area contributed by atoms with Crippen molar-refractivity contribution in [1.29, 1.82) is 0 Å². The molecule has 0 spiro atoms. The molecule has 2 N–H and O–H groups in total. The number of aliphatic hydroxyl groups excluding tert-OH is 1. The van der Waals surface area contributed by atoms with Gasteiger partial charge in [0.25, 0.3) is 0 Å². The molecule has 0 aliphatic rings. The van der Waals surface area contributed by atoms with Crippen LogP contribution in [0, 0.1) is 5.82 Å². The van der Waals surface area contributed by atoms with E-state index in [1.165, 1.54) is 12.1 Å². The van der Waals surface area contributed by atoms with Crippen LogP contribution in [0.25, 0.3) is 0 Å². The molecule has 0 saturated heterocycles. The van der Waals surface area contributed by atoms with Crippen LogP contribution in [0.3, 0.4) is 0 Å². The third kappa shape index (κ3) is 4.03. The second-order valence-corrected chi connectivity index (χ2v) is 5.85. The molecule has 0 bridgehead atoms. The summed E-state index contributed by atoms with van der Waals surface area (Å²) in [5.41, 5.74) is 1.42. The Morgan fingerprint density at radius 1 is 1.16 bits per heavy atom. The molecule has 2 aromatic carbocycles. The van der Waals surface area contributed by atoms with E-state index in [4.69, 9.17) is 0 Å². The molecule has 2 aromatic rings. The molecule has 0 aliphatic carbocycles. The Hall–Kier alpha value is -0.910. The van der Waals surface area contributed by atoms with E-state index in [-0.39, 0.29) is 5.82 Å².